The van der Waals surface area contributed by atoms with Gasteiger partial charge in [0.1, 0.15) is 30.1 Å². The van der Waals surface area contributed by atoms with Gasteiger partial charge in [-0.3, -0.25) is 0 Å². The van der Waals surface area contributed by atoms with Crippen molar-refractivity contribution in [1.29, 1.82) is 0 Å². The van der Waals surface area contributed by atoms with Crippen molar-refractivity contribution in [3.8, 4) is 5.75 Å². The van der Waals surface area contributed by atoms with Gasteiger partial charge in [0.05, 0.1) is 6.04 Å². The van der Waals surface area contributed by atoms with Crippen molar-refractivity contribution in [3.05, 3.63) is 83.7 Å². The average Bonchev–Trinajstić information content (AvgIpc) is 3.07. The summed E-state index contributed by atoms with van der Waals surface area (Å²) in [7, 11) is 1.88. The second-order valence-electron chi connectivity index (χ2n) is 6.52. The zero-order valence-corrected chi connectivity index (χ0v) is 15.5. The monoisotopic (exact) mass is 369 g/mol. The SMILES string of the molecule is Cc1ccccc1OCC(O)CNC(c1cccc(F)c1)c1nccn1C. The molecule has 1 aromatic heterocycles. The molecule has 1 heterocycles. The summed E-state index contributed by atoms with van der Waals surface area (Å²) in [6.07, 6.45) is 2.81. The molecule has 6 heteroatoms. The lowest BCUT2D eigenvalue weighted by atomic mass is 10.1. The topological polar surface area (TPSA) is 59.3 Å². The maximum absolute atomic E-state index is 13.7. The molecule has 0 radical (unpaired) electrons. The molecule has 2 aromatic carbocycles. The van der Waals surface area contributed by atoms with Crippen molar-refractivity contribution in [1.82, 2.24) is 14.9 Å². The summed E-state index contributed by atoms with van der Waals surface area (Å²) >= 11 is 0. The van der Waals surface area contributed by atoms with Crippen LogP contribution in [0.4, 0.5) is 4.39 Å². The molecule has 0 saturated carbocycles. The summed E-state index contributed by atoms with van der Waals surface area (Å²) < 4.78 is 21.3. The molecule has 2 unspecified atom stereocenters. The molecule has 0 aliphatic carbocycles. The number of aliphatic hydroxyl groups excluding tert-OH is 1. The Labute approximate surface area is 158 Å². The highest BCUT2D eigenvalue weighted by molar-refractivity contribution is 5.31. The zero-order valence-electron chi connectivity index (χ0n) is 15.5. The summed E-state index contributed by atoms with van der Waals surface area (Å²) in [4.78, 5) is 4.37. The Morgan fingerprint density at radius 2 is 2.04 bits per heavy atom. The molecule has 5 nitrogen and oxygen atoms in total. The third kappa shape index (κ3) is 4.93. The number of aliphatic hydroxyl groups is 1. The third-order valence-corrected chi connectivity index (χ3v) is 4.38. The number of ether oxygens (including phenoxy) is 1. The van der Waals surface area contributed by atoms with E-state index >= 15 is 0 Å². The maximum Gasteiger partial charge on any atom is 0.130 e. The second-order valence-corrected chi connectivity index (χ2v) is 6.52. The fourth-order valence-electron chi connectivity index (χ4n) is 2.92. The van der Waals surface area contributed by atoms with E-state index in [0.717, 1.165) is 22.7 Å². The van der Waals surface area contributed by atoms with E-state index < -0.39 is 6.10 Å². The molecule has 27 heavy (non-hydrogen) atoms. The molecular formula is C21H24FN3O2. The number of nitrogens with one attached hydrogen (secondary N) is 1. The van der Waals surface area contributed by atoms with Gasteiger partial charge in [-0.25, -0.2) is 9.37 Å². The van der Waals surface area contributed by atoms with Crippen molar-refractivity contribution in [2.24, 2.45) is 7.05 Å². The first kappa shape index (κ1) is 19.1. The summed E-state index contributed by atoms with van der Waals surface area (Å²) in [6, 6.07) is 13.7. The Morgan fingerprint density at radius 3 is 2.74 bits per heavy atom. The fourth-order valence-corrected chi connectivity index (χ4v) is 2.92. The van der Waals surface area contributed by atoms with E-state index in [-0.39, 0.29) is 25.0 Å². The number of halogens is 1. The van der Waals surface area contributed by atoms with Gasteiger partial charge in [-0.15, -0.1) is 0 Å². The van der Waals surface area contributed by atoms with Crippen molar-refractivity contribution in [3.63, 3.8) is 0 Å². The number of benzene rings is 2. The number of aryl methyl sites for hydroxylation is 2. The van der Waals surface area contributed by atoms with Crippen LogP contribution in [-0.2, 0) is 7.05 Å². The lowest BCUT2D eigenvalue weighted by Crippen LogP contribution is -2.35. The van der Waals surface area contributed by atoms with Crippen LogP contribution >= 0.6 is 0 Å². The van der Waals surface area contributed by atoms with E-state index in [1.54, 1.807) is 12.3 Å². The molecule has 0 aliphatic rings. The minimum Gasteiger partial charge on any atom is -0.491 e. The Kier molecular flexibility index (Phi) is 6.21. The van der Waals surface area contributed by atoms with Gasteiger partial charge in [-0.05, 0) is 36.2 Å². The lowest BCUT2D eigenvalue weighted by molar-refractivity contribution is 0.104. The van der Waals surface area contributed by atoms with E-state index in [0.29, 0.717) is 0 Å². The van der Waals surface area contributed by atoms with Crippen LogP contribution in [0.5, 0.6) is 5.75 Å². The predicted octanol–water partition coefficient (Wildman–Crippen LogP) is 2.99. The van der Waals surface area contributed by atoms with Crippen LogP contribution in [0.3, 0.4) is 0 Å². The molecule has 0 fully saturated rings. The molecule has 3 aromatic rings. The molecule has 0 aliphatic heterocycles. The highest BCUT2D eigenvalue weighted by Crippen LogP contribution is 2.21. The normalized spacial score (nSPS) is 13.3. The Morgan fingerprint density at radius 1 is 1.22 bits per heavy atom. The van der Waals surface area contributed by atoms with E-state index in [9.17, 15) is 9.50 Å². The molecule has 0 saturated heterocycles. The molecule has 2 N–H and O–H groups in total. The molecule has 0 bridgehead atoms. The number of nitrogens with zero attached hydrogens (tertiary/aromatic N) is 2. The summed E-state index contributed by atoms with van der Waals surface area (Å²) in [6.45, 7) is 2.40. The largest absolute Gasteiger partial charge is 0.491 e. The van der Waals surface area contributed by atoms with Crippen LogP contribution in [0.1, 0.15) is 23.0 Å². The first-order chi connectivity index (χ1) is 13.0. The van der Waals surface area contributed by atoms with Crippen LogP contribution in [0.25, 0.3) is 0 Å². The van der Waals surface area contributed by atoms with E-state index in [1.807, 2.05) is 55.1 Å². The van der Waals surface area contributed by atoms with Crippen LogP contribution in [0.2, 0.25) is 0 Å². The highest BCUT2D eigenvalue weighted by Gasteiger charge is 2.20. The van der Waals surface area contributed by atoms with Crippen LogP contribution in [-0.4, -0.2) is 33.9 Å². The van der Waals surface area contributed by atoms with Gasteiger partial charge >= 0.3 is 0 Å². The van der Waals surface area contributed by atoms with Gasteiger partial charge in [0, 0.05) is 26.0 Å². The molecule has 3 rings (SSSR count). The van der Waals surface area contributed by atoms with Crippen molar-refractivity contribution in [2.75, 3.05) is 13.2 Å². The average molecular weight is 369 g/mol. The van der Waals surface area contributed by atoms with Crippen molar-refractivity contribution >= 4 is 0 Å². The molecule has 2 atom stereocenters. The number of para-hydroxylation sites is 1. The Hall–Kier alpha value is -2.70. The number of rotatable bonds is 8. The quantitative estimate of drug-likeness (QED) is 0.641. The standard InChI is InChI=1S/C21H24FN3O2/c1-15-6-3-4-9-19(15)27-14-18(26)13-24-20(21-23-10-11-25(21)2)16-7-5-8-17(22)12-16/h3-12,18,20,24,26H,13-14H2,1-2H3. The second kappa shape index (κ2) is 8.79. The molecule has 0 amide bonds. The number of imidazole rings is 1. The first-order valence-electron chi connectivity index (χ1n) is 8.87. The van der Waals surface area contributed by atoms with Gasteiger partial charge in [-0.1, -0.05) is 30.3 Å². The van der Waals surface area contributed by atoms with Crippen molar-refractivity contribution in [2.45, 2.75) is 19.1 Å². The molecular weight excluding hydrogens is 345 g/mol. The molecule has 142 valence electrons. The Balaban J connectivity index is 1.66. The third-order valence-electron chi connectivity index (χ3n) is 4.38. The van der Waals surface area contributed by atoms with Crippen LogP contribution in [0.15, 0.2) is 60.9 Å². The van der Waals surface area contributed by atoms with Gasteiger partial charge in [0.15, 0.2) is 0 Å². The maximum atomic E-state index is 13.7. The highest BCUT2D eigenvalue weighted by atomic mass is 19.1. The lowest BCUT2D eigenvalue weighted by Gasteiger charge is -2.21. The number of hydrogen-bond donors (Lipinski definition) is 2. The minimum atomic E-state index is -0.721. The summed E-state index contributed by atoms with van der Waals surface area (Å²) in [5, 5.41) is 13.6. The van der Waals surface area contributed by atoms with Gasteiger partial charge in [0.25, 0.3) is 0 Å². The fraction of sp³-hybridized carbons (Fsp3) is 0.286. The van der Waals surface area contributed by atoms with Crippen molar-refractivity contribution < 1.29 is 14.2 Å². The smallest absolute Gasteiger partial charge is 0.130 e. The van der Waals surface area contributed by atoms with E-state index in [4.69, 9.17) is 4.74 Å². The summed E-state index contributed by atoms with van der Waals surface area (Å²) in [5.41, 5.74) is 1.76. The summed E-state index contributed by atoms with van der Waals surface area (Å²) in [5.74, 6) is 1.19. The van der Waals surface area contributed by atoms with Gasteiger partial charge in [-0.2, -0.15) is 0 Å². The first-order valence-corrected chi connectivity index (χ1v) is 8.87. The number of aromatic nitrogens is 2. The van der Waals surface area contributed by atoms with Crippen LogP contribution < -0.4 is 10.1 Å². The predicted molar refractivity (Wildman–Crippen MR) is 102 cm³/mol. The van der Waals surface area contributed by atoms with Crippen LogP contribution in [0, 0.1) is 12.7 Å². The Bertz CT molecular complexity index is 881. The zero-order chi connectivity index (χ0) is 19.2. The van der Waals surface area contributed by atoms with E-state index in [1.165, 1.54) is 12.1 Å². The minimum absolute atomic E-state index is 0.161. The van der Waals surface area contributed by atoms with E-state index in [2.05, 4.69) is 10.3 Å². The van der Waals surface area contributed by atoms with Gasteiger partial charge in [0.2, 0.25) is 0 Å². The number of hydrogen-bond acceptors (Lipinski definition) is 4. The van der Waals surface area contributed by atoms with Gasteiger partial charge < -0.3 is 19.7 Å². The molecule has 0 spiro atoms.